The first-order valence-electron chi connectivity index (χ1n) is 9.64. The van der Waals surface area contributed by atoms with Gasteiger partial charge in [-0.05, 0) is 45.2 Å². The number of carbonyl (C=O) groups is 1. The van der Waals surface area contributed by atoms with Gasteiger partial charge in [-0.15, -0.1) is 35.3 Å². The minimum Gasteiger partial charge on any atom is -0.462 e. The normalized spacial score (nSPS) is 19.1. The largest absolute Gasteiger partial charge is 0.462 e. The molecule has 1 aliphatic carbocycles. The maximum atomic E-state index is 12.0. The van der Waals surface area contributed by atoms with E-state index in [2.05, 4.69) is 51.8 Å². The van der Waals surface area contributed by atoms with Crippen LogP contribution in [-0.2, 0) is 4.74 Å². The molecule has 0 bridgehead atoms. The topological polar surface area (TPSA) is 75.6 Å². The number of carbonyl (C=O) groups excluding carboxylic acids is 1. The first kappa shape index (κ1) is 23.6. The summed E-state index contributed by atoms with van der Waals surface area (Å²) in [7, 11) is 1.77. The van der Waals surface area contributed by atoms with Crippen molar-refractivity contribution in [1.29, 1.82) is 0 Å². The van der Waals surface area contributed by atoms with Crippen LogP contribution in [0.5, 0.6) is 0 Å². The van der Waals surface area contributed by atoms with Crippen LogP contribution >= 0.6 is 35.3 Å². The maximum Gasteiger partial charge on any atom is 0.350 e. The van der Waals surface area contributed by atoms with Crippen LogP contribution in [-0.4, -0.2) is 36.6 Å². The molecule has 1 heterocycles. The van der Waals surface area contributed by atoms with Gasteiger partial charge in [-0.1, -0.05) is 24.3 Å². The van der Waals surface area contributed by atoms with E-state index in [1.165, 1.54) is 22.5 Å². The lowest BCUT2D eigenvalue weighted by atomic mass is 10.0. The molecule has 0 amide bonds. The number of ether oxygens (including phenoxy) is 1. The summed E-state index contributed by atoms with van der Waals surface area (Å²) in [6.45, 7) is 8.18. The zero-order valence-corrected chi connectivity index (χ0v) is 20.6. The number of aryl methyl sites for hydroxylation is 2. The molecule has 1 aliphatic rings. The molecular weight excluding hydrogens is 499 g/mol. The molecule has 29 heavy (non-hydrogen) atoms. The molecule has 3 rings (SSSR count). The molecule has 0 radical (unpaired) electrons. The molecule has 3 atom stereocenters. The van der Waals surface area contributed by atoms with Crippen LogP contribution in [0.3, 0.4) is 0 Å². The highest BCUT2D eigenvalue weighted by Crippen LogP contribution is 2.42. The summed E-state index contributed by atoms with van der Waals surface area (Å²) in [4.78, 5) is 21.5. The van der Waals surface area contributed by atoms with Crippen molar-refractivity contribution in [2.75, 3.05) is 13.7 Å². The van der Waals surface area contributed by atoms with Gasteiger partial charge in [-0.2, -0.15) is 0 Å². The third-order valence-electron chi connectivity index (χ3n) is 4.92. The highest BCUT2D eigenvalue weighted by molar-refractivity contribution is 14.0. The molecule has 1 fully saturated rings. The van der Waals surface area contributed by atoms with Crippen molar-refractivity contribution in [3.63, 3.8) is 0 Å². The van der Waals surface area contributed by atoms with Gasteiger partial charge in [-0.25, -0.2) is 9.78 Å². The van der Waals surface area contributed by atoms with Crippen LogP contribution in [0.2, 0.25) is 0 Å². The molecule has 3 unspecified atom stereocenters. The Morgan fingerprint density at radius 2 is 2.10 bits per heavy atom. The fourth-order valence-corrected chi connectivity index (χ4v) is 4.27. The smallest absolute Gasteiger partial charge is 0.350 e. The van der Waals surface area contributed by atoms with E-state index in [0.717, 1.165) is 17.4 Å². The monoisotopic (exact) mass is 528 g/mol. The highest BCUT2D eigenvalue weighted by atomic mass is 127. The number of rotatable bonds is 6. The average Bonchev–Trinajstić information content (AvgIpc) is 3.31. The Morgan fingerprint density at radius 3 is 2.76 bits per heavy atom. The van der Waals surface area contributed by atoms with Crippen molar-refractivity contribution in [3.05, 3.63) is 51.0 Å². The molecule has 6 nitrogen and oxygen atoms in total. The molecule has 2 aromatic rings. The van der Waals surface area contributed by atoms with Crippen molar-refractivity contribution < 1.29 is 9.53 Å². The second-order valence-corrected chi connectivity index (χ2v) is 8.11. The predicted octanol–water partition coefficient (Wildman–Crippen LogP) is 4.34. The van der Waals surface area contributed by atoms with Crippen molar-refractivity contribution >= 4 is 47.2 Å². The van der Waals surface area contributed by atoms with Crippen LogP contribution in [0.4, 0.5) is 0 Å². The first-order valence-corrected chi connectivity index (χ1v) is 10.5. The van der Waals surface area contributed by atoms with E-state index in [1.54, 1.807) is 14.0 Å². The van der Waals surface area contributed by atoms with Crippen LogP contribution in [0, 0.1) is 13.8 Å². The Bertz CT molecular complexity index is 883. The van der Waals surface area contributed by atoms with Gasteiger partial charge in [0.05, 0.1) is 18.3 Å². The van der Waals surface area contributed by atoms with E-state index in [4.69, 9.17) is 4.74 Å². The second kappa shape index (κ2) is 10.4. The molecule has 0 saturated heterocycles. The van der Waals surface area contributed by atoms with Crippen LogP contribution in [0.1, 0.15) is 63.7 Å². The minimum absolute atomic E-state index is 0. The highest BCUT2D eigenvalue weighted by Gasteiger charge is 2.39. The van der Waals surface area contributed by atoms with Gasteiger partial charge in [0.15, 0.2) is 5.96 Å². The van der Waals surface area contributed by atoms with Crippen LogP contribution in [0.15, 0.2) is 29.3 Å². The molecule has 158 valence electrons. The number of hydrogen-bond donors (Lipinski definition) is 2. The molecule has 1 aromatic heterocycles. The Morgan fingerprint density at radius 1 is 1.38 bits per heavy atom. The summed E-state index contributed by atoms with van der Waals surface area (Å²) < 4.78 is 5.10. The summed E-state index contributed by atoms with van der Waals surface area (Å²) >= 11 is 1.37. The summed E-state index contributed by atoms with van der Waals surface area (Å²) in [6.07, 6.45) is 1.10. The van der Waals surface area contributed by atoms with E-state index >= 15 is 0 Å². The fourth-order valence-electron chi connectivity index (χ4n) is 3.30. The van der Waals surface area contributed by atoms with Gasteiger partial charge in [0.25, 0.3) is 0 Å². The maximum absolute atomic E-state index is 12.0. The lowest BCUT2D eigenvalue weighted by Gasteiger charge is -2.16. The number of esters is 1. The third kappa shape index (κ3) is 5.69. The Balaban J connectivity index is 0.00000300. The molecule has 8 heteroatoms. The number of thiazole rings is 1. The van der Waals surface area contributed by atoms with E-state index in [-0.39, 0.29) is 36.0 Å². The van der Waals surface area contributed by atoms with Gasteiger partial charge in [0.2, 0.25) is 0 Å². The lowest BCUT2D eigenvalue weighted by molar-refractivity contribution is 0.0531. The number of halogens is 1. The summed E-state index contributed by atoms with van der Waals surface area (Å²) in [5.74, 6) is 0.962. The number of aromatic nitrogens is 1. The van der Waals surface area contributed by atoms with E-state index in [1.807, 2.05) is 13.8 Å². The fraction of sp³-hybridized carbons (Fsp3) is 0.476. The van der Waals surface area contributed by atoms with Gasteiger partial charge < -0.3 is 15.4 Å². The molecule has 1 saturated carbocycles. The Hall–Kier alpha value is -1.68. The van der Waals surface area contributed by atoms with Gasteiger partial charge in [-0.3, -0.25) is 4.99 Å². The van der Waals surface area contributed by atoms with E-state index < -0.39 is 0 Å². The summed E-state index contributed by atoms with van der Waals surface area (Å²) in [5.41, 5.74) is 3.44. The number of nitrogens with one attached hydrogen (secondary N) is 2. The van der Waals surface area contributed by atoms with E-state index in [0.29, 0.717) is 29.1 Å². The second-order valence-electron chi connectivity index (χ2n) is 7.07. The average molecular weight is 528 g/mol. The summed E-state index contributed by atoms with van der Waals surface area (Å²) in [6, 6.07) is 8.86. The standard InChI is InChI=1S/C21H28N4O2S.HI/c1-6-27-20(26)18-13(3)23-19(28-18)14(4)24-21(22-5)25-17-11-16(17)15-10-8-7-9-12(15)2;/h7-10,14,16-17H,6,11H2,1-5H3,(H2,22,24,25);1H. The molecule has 1 aromatic carbocycles. The summed E-state index contributed by atoms with van der Waals surface area (Å²) in [5, 5.41) is 7.74. The quantitative estimate of drug-likeness (QED) is 0.253. The van der Waals surface area contributed by atoms with Crippen LogP contribution < -0.4 is 10.6 Å². The number of guanidine groups is 1. The zero-order valence-electron chi connectivity index (χ0n) is 17.5. The van der Waals surface area contributed by atoms with Crippen molar-refractivity contribution in [1.82, 2.24) is 15.6 Å². The Kier molecular flexibility index (Phi) is 8.45. The lowest BCUT2D eigenvalue weighted by Crippen LogP contribution is -2.40. The number of benzene rings is 1. The predicted molar refractivity (Wildman–Crippen MR) is 129 cm³/mol. The number of hydrogen-bond acceptors (Lipinski definition) is 5. The molecular formula is C21H29IN4O2S. The van der Waals surface area contributed by atoms with Gasteiger partial charge in [0.1, 0.15) is 9.88 Å². The van der Waals surface area contributed by atoms with Gasteiger partial charge >= 0.3 is 5.97 Å². The third-order valence-corrected chi connectivity index (χ3v) is 6.24. The van der Waals surface area contributed by atoms with Gasteiger partial charge in [0, 0.05) is 19.0 Å². The minimum atomic E-state index is -0.308. The van der Waals surface area contributed by atoms with Crippen molar-refractivity contribution in [2.24, 2.45) is 4.99 Å². The van der Waals surface area contributed by atoms with Crippen molar-refractivity contribution in [2.45, 2.75) is 52.1 Å². The zero-order chi connectivity index (χ0) is 20.3. The number of nitrogens with zero attached hydrogens (tertiary/aromatic N) is 2. The molecule has 0 spiro atoms. The van der Waals surface area contributed by atoms with Crippen LogP contribution in [0.25, 0.3) is 0 Å². The first-order chi connectivity index (χ1) is 13.4. The molecule has 2 N–H and O–H groups in total. The SMILES string of the molecule is CCOC(=O)c1sc(C(C)NC(=NC)NC2CC2c2ccccc2C)nc1C.I. The van der Waals surface area contributed by atoms with Crippen molar-refractivity contribution in [3.8, 4) is 0 Å². The Labute approximate surface area is 193 Å². The molecule has 0 aliphatic heterocycles. The van der Waals surface area contributed by atoms with E-state index in [9.17, 15) is 4.79 Å². The number of aliphatic imine (C=N–C) groups is 1.